The van der Waals surface area contributed by atoms with Crippen molar-refractivity contribution in [3.05, 3.63) is 84.2 Å². The van der Waals surface area contributed by atoms with Crippen LogP contribution in [0.4, 0.5) is 17.1 Å². The van der Waals surface area contributed by atoms with Crippen LogP contribution in [0, 0.1) is 0 Å². The minimum absolute atomic E-state index is 0.289. The van der Waals surface area contributed by atoms with Gasteiger partial charge in [-0.3, -0.25) is 14.6 Å². The van der Waals surface area contributed by atoms with Crippen LogP contribution in [-0.4, -0.2) is 16.8 Å². The molecule has 0 spiro atoms. The number of para-hydroxylation sites is 2. The number of aromatic nitrogens is 1. The highest BCUT2D eigenvalue weighted by Gasteiger charge is 2.12. The predicted octanol–water partition coefficient (Wildman–Crippen LogP) is 3.17. The summed E-state index contributed by atoms with van der Waals surface area (Å²) >= 11 is 0. The lowest BCUT2D eigenvalue weighted by Crippen LogP contribution is -2.16. The highest BCUT2D eigenvalue weighted by molar-refractivity contribution is 6.09. The fourth-order valence-corrected chi connectivity index (χ4v) is 2.22. The average Bonchev–Trinajstić information content (AvgIpc) is 2.64. The number of pyridine rings is 1. The lowest BCUT2D eigenvalue weighted by atomic mass is 10.2. The number of carbonyl (C=O) groups excluding carboxylic acids is 2. The molecule has 1 heterocycles. The van der Waals surface area contributed by atoms with Gasteiger partial charge in [0, 0.05) is 23.6 Å². The molecule has 124 valence electrons. The Hall–Kier alpha value is -3.67. The molecule has 0 aliphatic rings. The Bertz CT molecular complexity index is 893. The van der Waals surface area contributed by atoms with Gasteiger partial charge in [-0.25, -0.2) is 0 Å². The molecule has 25 heavy (non-hydrogen) atoms. The number of nitrogens with zero attached hydrogens (tertiary/aromatic N) is 1. The molecule has 0 aliphatic carbocycles. The van der Waals surface area contributed by atoms with Crippen LogP contribution in [0.2, 0.25) is 0 Å². The van der Waals surface area contributed by atoms with Crippen LogP contribution in [0.3, 0.4) is 0 Å². The second-order valence-electron chi connectivity index (χ2n) is 5.32. The van der Waals surface area contributed by atoms with Gasteiger partial charge in [-0.2, -0.15) is 0 Å². The summed E-state index contributed by atoms with van der Waals surface area (Å²) in [5.41, 5.74) is 8.12. The lowest BCUT2D eigenvalue weighted by molar-refractivity contribution is 0.101. The van der Waals surface area contributed by atoms with Gasteiger partial charge in [0.15, 0.2) is 0 Å². The number of carbonyl (C=O) groups is 2. The van der Waals surface area contributed by atoms with Gasteiger partial charge in [-0.1, -0.05) is 12.1 Å². The first kappa shape index (κ1) is 16.2. The van der Waals surface area contributed by atoms with Crippen molar-refractivity contribution in [2.24, 2.45) is 0 Å². The molecule has 6 nitrogen and oxygen atoms in total. The molecule has 0 radical (unpaired) electrons. The number of nitrogens with one attached hydrogen (secondary N) is 2. The van der Waals surface area contributed by atoms with E-state index >= 15 is 0 Å². The van der Waals surface area contributed by atoms with Crippen molar-refractivity contribution >= 4 is 28.9 Å². The van der Waals surface area contributed by atoms with Crippen molar-refractivity contribution in [2.75, 3.05) is 16.4 Å². The zero-order valence-electron chi connectivity index (χ0n) is 13.3. The van der Waals surface area contributed by atoms with Crippen molar-refractivity contribution in [3.63, 3.8) is 0 Å². The lowest BCUT2D eigenvalue weighted by Gasteiger charge is -2.12. The molecule has 0 saturated heterocycles. The molecule has 6 heteroatoms. The average molecular weight is 332 g/mol. The topological polar surface area (TPSA) is 97.1 Å². The quantitative estimate of drug-likeness (QED) is 0.639. The Labute approximate surface area is 144 Å². The molecule has 0 saturated carbocycles. The summed E-state index contributed by atoms with van der Waals surface area (Å²) in [5, 5.41) is 5.57. The molecule has 0 aliphatic heterocycles. The summed E-state index contributed by atoms with van der Waals surface area (Å²) in [7, 11) is 0. The third-order valence-corrected chi connectivity index (χ3v) is 3.52. The number of rotatable bonds is 4. The SMILES string of the molecule is Nc1ccc(C(=O)Nc2ccccc2NC(=O)c2cccnc2)cc1. The first-order chi connectivity index (χ1) is 12.1. The number of hydrogen-bond acceptors (Lipinski definition) is 4. The van der Waals surface area contributed by atoms with Gasteiger partial charge in [-0.05, 0) is 48.5 Å². The number of hydrogen-bond donors (Lipinski definition) is 3. The first-order valence-electron chi connectivity index (χ1n) is 7.61. The molecule has 0 fully saturated rings. The largest absolute Gasteiger partial charge is 0.399 e. The maximum Gasteiger partial charge on any atom is 0.257 e. The minimum atomic E-state index is -0.303. The van der Waals surface area contributed by atoms with Gasteiger partial charge in [0.2, 0.25) is 0 Å². The molecule has 0 atom stereocenters. The summed E-state index contributed by atoms with van der Waals surface area (Å²) in [4.78, 5) is 28.6. The maximum atomic E-state index is 12.4. The Kier molecular flexibility index (Phi) is 4.71. The van der Waals surface area contributed by atoms with E-state index in [1.165, 1.54) is 6.20 Å². The Balaban J connectivity index is 1.78. The fourth-order valence-electron chi connectivity index (χ4n) is 2.22. The molecule has 0 bridgehead atoms. The number of nitrogens with two attached hydrogens (primary N) is 1. The van der Waals surface area contributed by atoms with Crippen LogP contribution >= 0.6 is 0 Å². The van der Waals surface area contributed by atoms with E-state index in [9.17, 15) is 9.59 Å². The molecule has 2 aromatic carbocycles. The van der Waals surface area contributed by atoms with E-state index in [1.54, 1.807) is 66.9 Å². The van der Waals surface area contributed by atoms with Crippen molar-refractivity contribution in [1.82, 2.24) is 4.98 Å². The molecular weight excluding hydrogens is 316 g/mol. The van der Waals surface area contributed by atoms with E-state index in [0.29, 0.717) is 28.2 Å². The van der Waals surface area contributed by atoms with E-state index in [4.69, 9.17) is 5.73 Å². The second kappa shape index (κ2) is 7.27. The first-order valence-corrected chi connectivity index (χ1v) is 7.61. The standard InChI is InChI=1S/C19H16N4O2/c20-15-9-7-13(8-10-15)18(24)22-16-5-1-2-6-17(16)23-19(25)14-4-3-11-21-12-14/h1-12H,20H2,(H,22,24)(H,23,25). The summed E-state index contributed by atoms with van der Waals surface area (Å²) in [5.74, 6) is -0.592. The van der Waals surface area contributed by atoms with Crippen molar-refractivity contribution in [3.8, 4) is 0 Å². The monoisotopic (exact) mass is 332 g/mol. The van der Waals surface area contributed by atoms with E-state index in [1.807, 2.05) is 0 Å². The van der Waals surface area contributed by atoms with Gasteiger partial charge in [0.1, 0.15) is 0 Å². The van der Waals surface area contributed by atoms with Crippen LogP contribution in [-0.2, 0) is 0 Å². The molecule has 0 unspecified atom stereocenters. The number of anilines is 3. The van der Waals surface area contributed by atoms with Gasteiger partial charge in [-0.15, -0.1) is 0 Å². The fraction of sp³-hybridized carbons (Fsp3) is 0. The van der Waals surface area contributed by atoms with E-state index in [0.717, 1.165) is 0 Å². The highest BCUT2D eigenvalue weighted by atomic mass is 16.2. The van der Waals surface area contributed by atoms with Gasteiger partial charge in [0.05, 0.1) is 16.9 Å². The summed E-state index contributed by atoms with van der Waals surface area (Å²) in [6, 6.07) is 16.9. The molecule has 2 amide bonds. The molecule has 3 aromatic rings. The number of nitrogen functional groups attached to an aromatic ring is 1. The Morgan fingerprint density at radius 3 is 1.92 bits per heavy atom. The zero-order valence-corrected chi connectivity index (χ0v) is 13.3. The van der Waals surface area contributed by atoms with E-state index in [2.05, 4.69) is 15.6 Å². The Morgan fingerprint density at radius 1 is 0.760 bits per heavy atom. The van der Waals surface area contributed by atoms with Crippen LogP contribution < -0.4 is 16.4 Å². The van der Waals surface area contributed by atoms with Crippen LogP contribution in [0.5, 0.6) is 0 Å². The summed E-state index contributed by atoms with van der Waals surface area (Å²) in [6.45, 7) is 0. The highest BCUT2D eigenvalue weighted by Crippen LogP contribution is 2.22. The van der Waals surface area contributed by atoms with Crippen LogP contribution in [0.1, 0.15) is 20.7 Å². The van der Waals surface area contributed by atoms with Crippen LogP contribution in [0.15, 0.2) is 73.1 Å². The molecular formula is C19H16N4O2. The summed E-state index contributed by atoms with van der Waals surface area (Å²) in [6.07, 6.45) is 3.07. The maximum absolute atomic E-state index is 12.4. The van der Waals surface area contributed by atoms with Crippen molar-refractivity contribution < 1.29 is 9.59 Å². The van der Waals surface area contributed by atoms with Crippen LogP contribution in [0.25, 0.3) is 0 Å². The van der Waals surface area contributed by atoms with Gasteiger partial charge < -0.3 is 16.4 Å². The van der Waals surface area contributed by atoms with E-state index < -0.39 is 0 Å². The Morgan fingerprint density at radius 2 is 1.36 bits per heavy atom. The number of amides is 2. The smallest absolute Gasteiger partial charge is 0.257 e. The van der Waals surface area contributed by atoms with Crippen molar-refractivity contribution in [2.45, 2.75) is 0 Å². The second-order valence-corrected chi connectivity index (χ2v) is 5.32. The van der Waals surface area contributed by atoms with E-state index in [-0.39, 0.29) is 11.8 Å². The van der Waals surface area contributed by atoms with Gasteiger partial charge >= 0.3 is 0 Å². The summed E-state index contributed by atoms with van der Waals surface area (Å²) < 4.78 is 0. The normalized spacial score (nSPS) is 10.1. The minimum Gasteiger partial charge on any atom is -0.399 e. The van der Waals surface area contributed by atoms with Crippen molar-refractivity contribution in [1.29, 1.82) is 0 Å². The predicted molar refractivity (Wildman–Crippen MR) is 97.4 cm³/mol. The number of benzene rings is 2. The van der Waals surface area contributed by atoms with Gasteiger partial charge in [0.25, 0.3) is 11.8 Å². The zero-order chi connectivity index (χ0) is 17.6. The molecule has 1 aromatic heterocycles. The third kappa shape index (κ3) is 4.00. The molecule has 4 N–H and O–H groups in total. The molecule has 3 rings (SSSR count). The third-order valence-electron chi connectivity index (χ3n) is 3.52.